The Kier molecular flexibility index (Phi) is 6.68. The van der Waals surface area contributed by atoms with Gasteiger partial charge in [-0.2, -0.15) is 4.98 Å². The molecule has 0 amide bonds. The van der Waals surface area contributed by atoms with Crippen molar-refractivity contribution in [2.75, 3.05) is 19.4 Å². The van der Waals surface area contributed by atoms with Crippen molar-refractivity contribution < 1.29 is 0 Å². The Hall–Kier alpha value is -2.73. The van der Waals surface area contributed by atoms with E-state index in [1.807, 2.05) is 16.8 Å². The van der Waals surface area contributed by atoms with Crippen LogP contribution in [-0.2, 0) is 6.42 Å². The number of benzene rings is 1. The van der Waals surface area contributed by atoms with Crippen LogP contribution in [0.1, 0.15) is 74.1 Å². The molecule has 0 saturated heterocycles. The number of pyridine rings is 1. The third-order valence-electron chi connectivity index (χ3n) is 7.81. The molecule has 2 aliphatic rings. The molecule has 2 aromatic heterocycles. The van der Waals surface area contributed by atoms with Gasteiger partial charge >= 0.3 is 0 Å². The van der Waals surface area contributed by atoms with E-state index in [4.69, 9.17) is 4.98 Å². The molecule has 3 aromatic rings. The molecule has 6 nitrogen and oxygen atoms in total. The van der Waals surface area contributed by atoms with Gasteiger partial charge in [0.05, 0.1) is 0 Å². The number of anilines is 1. The van der Waals surface area contributed by atoms with E-state index >= 15 is 0 Å². The standard InChI is InChI=1S/C28H37N5O/c1-19-8-10-20(11-9-19)16-21-17-22-18-29-28(30-23-12-14-24(15-13-23)32(2)3)31-26(22)33(27(21)34)25-6-4-5-7-25/h8-11,17-18,23-25H,4-7,12-16H2,1-3H3,(H,29,30,31). The Labute approximate surface area is 202 Å². The van der Waals surface area contributed by atoms with Crippen LogP contribution in [0.3, 0.4) is 0 Å². The molecule has 0 bridgehead atoms. The zero-order chi connectivity index (χ0) is 23.7. The Balaban J connectivity index is 1.46. The van der Waals surface area contributed by atoms with Gasteiger partial charge in [-0.05, 0) is 71.2 Å². The number of aromatic nitrogens is 3. The highest BCUT2D eigenvalue weighted by Gasteiger charge is 2.25. The minimum Gasteiger partial charge on any atom is -0.351 e. The van der Waals surface area contributed by atoms with E-state index in [1.54, 1.807) is 0 Å². The number of fused-ring (bicyclic) bond motifs is 1. The van der Waals surface area contributed by atoms with Crippen molar-refractivity contribution in [3.8, 4) is 0 Å². The highest BCUT2D eigenvalue weighted by atomic mass is 16.1. The van der Waals surface area contributed by atoms with Gasteiger partial charge in [0.15, 0.2) is 0 Å². The van der Waals surface area contributed by atoms with E-state index in [2.05, 4.69) is 60.5 Å². The SMILES string of the molecule is Cc1ccc(Cc2cc3cnc(NC4CCC(N(C)C)CC4)nc3n(C3CCCC3)c2=O)cc1. The summed E-state index contributed by atoms with van der Waals surface area (Å²) in [5.41, 5.74) is 4.11. The first-order valence-electron chi connectivity index (χ1n) is 12.9. The summed E-state index contributed by atoms with van der Waals surface area (Å²) in [5.74, 6) is 0.651. The van der Waals surface area contributed by atoms with Crippen molar-refractivity contribution in [3.05, 3.63) is 63.6 Å². The third kappa shape index (κ3) is 4.88. The zero-order valence-corrected chi connectivity index (χ0v) is 20.8. The Morgan fingerprint density at radius 1 is 1.03 bits per heavy atom. The second-order valence-corrected chi connectivity index (χ2v) is 10.5. The van der Waals surface area contributed by atoms with Gasteiger partial charge in [-0.15, -0.1) is 0 Å². The average molecular weight is 460 g/mol. The normalized spacial score (nSPS) is 21.4. The van der Waals surface area contributed by atoms with Crippen LogP contribution in [0.5, 0.6) is 0 Å². The first-order chi connectivity index (χ1) is 16.5. The third-order valence-corrected chi connectivity index (χ3v) is 7.81. The fourth-order valence-corrected chi connectivity index (χ4v) is 5.72. The second-order valence-electron chi connectivity index (χ2n) is 10.5. The van der Waals surface area contributed by atoms with Crippen LogP contribution in [0.4, 0.5) is 5.95 Å². The number of hydrogen-bond acceptors (Lipinski definition) is 5. The van der Waals surface area contributed by atoms with Gasteiger partial charge in [0, 0.05) is 41.7 Å². The molecular formula is C28H37N5O. The first-order valence-corrected chi connectivity index (χ1v) is 12.9. The number of nitrogens with one attached hydrogen (secondary N) is 1. The van der Waals surface area contributed by atoms with Crippen LogP contribution in [0.15, 0.2) is 41.3 Å². The van der Waals surface area contributed by atoms with Crippen LogP contribution in [0.25, 0.3) is 11.0 Å². The highest BCUT2D eigenvalue weighted by molar-refractivity contribution is 5.76. The fourth-order valence-electron chi connectivity index (χ4n) is 5.72. The highest BCUT2D eigenvalue weighted by Crippen LogP contribution is 2.31. The van der Waals surface area contributed by atoms with Crippen molar-refractivity contribution in [3.63, 3.8) is 0 Å². The predicted octanol–water partition coefficient (Wildman–Crippen LogP) is 5.09. The van der Waals surface area contributed by atoms with Gasteiger partial charge in [-0.1, -0.05) is 42.7 Å². The monoisotopic (exact) mass is 459 g/mol. The molecule has 6 heteroatoms. The zero-order valence-electron chi connectivity index (χ0n) is 20.8. The predicted molar refractivity (Wildman–Crippen MR) is 139 cm³/mol. The van der Waals surface area contributed by atoms with Gasteiger partial charge in [0.2, 0.25) is 5.95 Å². The molecule has 1 aromatic carbocycles. The van der Waals surface area contributed by atoms with Crippen molar-refractivity contribution in [2.45, 2.75) is 82.8 Å². The largest absolute Gasteiger partial charge is 0.351 e. The van der Waals surface area contributed by atoms with E-state index in [9.17, 15) is 4.79 Å². The molecule has 0 spiro atoms. The van der Waals surface area contributed by atoms with Crippen LogP contribution in [0.2, 0.25) is 0 Å². The summed E-state index contributed by atoms with van der Waals surface area (Å²) in [6, 6.07) is 11.7. The maximum Gasteiger partial charge on any atom is 0.256 e. The number of rotatable bonds is 6. The lowest BCUT2D eigenvalue weighted by Crippen LogP contribution is -2.36. The summed E-state index contributed by atoms with van der Waals surface area (Å²) in [4.78, 5) is 25.6. The lowest BCUT2D eigenvalue weighted by Gasteiger charge is -2.33. The van der Waals surface area contributed by atoms with Crippen LogP contribution in [-0.4, -0.2) is 45.6 Å². The van der Waals surface area contributed by atoms with Gasteiger partial charge < -0.3 is 10.2 Å². The fraction of sp³-hybridized carbons (Fsp3) is 0.536. The summed E-state index contributed by atoms with van der Waals surface area (Å²) in [5, 5.41) is 4.53. The summed E-state index contributed by atoms with van der Waals surface area (Å²) >= 11 is 0. The first kappa shape index (κ1) is 23.0. The summed E-state index contributed by atoms with van der Waals surface area (Å²) in [7, 11) is 4.33. The molecule has 0 aliphatic heterocycles. The quantitative estimate of drug-likeness (QED) is 0.556. The number of aryl methyl sites for hydroxylation is 1. The Bertz CT molecular complexity index is 1190. The van der Waals surface area contributed by atoms with Crippen LogP contribution < -0.4 is 10.9 Å². The molecule has 0 atom stereocenters. The minimum absolute atomic E-state index is 0.108. The molecule has 2 saturated carbocycles. The van der Waals surface area contributed by atoms with Crippen molar-refractivity contribution in [1.29, 1.82) is 0 Å². The Morgan fingerprint density at radius 3 is 2.41 bits per heavy atom. The molecule has 2 aliphatic carbocycles. The molecule has 5 rings (SSSR count). The summed E-state index contributed by atoms with van der Waals surface area (Å²) < 4.78 is 1.99. The smallest absolute Gasteiger partial charge is 0.256 e. The maximum absolute atomic E-state index is 13.7. The lowest BCUT2D eigenvalue weighted by atomic mass is 9.91. The molecule has 2 fully saturated rings. The van der Waals surface area contributed by atoms with Gasteiger partial charge in [-0.25, -0.2) is 4.98 Å². The Morgan fingerprint density at radius 2 is 1.74 bits per heavy atom. The summed E-state index contributed by atoms with van der Waals surface area (Å²) in [6.07, 6.45) is 11.6. The summed E-state index contributed by atoms with van der Waals surface area (Å²) in [6.45, 7) is 2.09. The van der Waals surface area contributed by atoms with Gasteiger partial charge in [-0.3, -0.25) is 9.36 Å². The molecule has 180 valence electrons. The molecule has 2 heterocycles. The number of nitrogens with zero attached hydrogens (tertiary/aromatic N) is 4. The average Bonchev–Trinajstić information content (AvgIpc) is 3.36. The van der Waals surface area contributed by atoms with Crippen LogP contribution in [0, 0.1) is 6.92 Å². The van der Waals surface area contributed by atoms with Crippen molar-refractivity contribution in [1.82, 2.24) is 19.4 Å². The topological polar surface area (TPSA) is 63.1 Å². The lowest BCUT2D eigenvalue weighted by molar-refractivity contribution is 0.221. The van der Waals surface area contributed by atoms with E-state index in [1.165, 1.54) is 31.2 Å². The minimum atomic E-state index is 0.108. The van der Waals surface area contributed by atoms with E-state index in [0.29, 0.717) is 24.5 Å². The van der Waals surface area contributed by atoms with Crippen LogP contribution >= 0.6 is 0 Å². The van der Waals surface area contributed by atoms with Crippen molar-refractivity contribution in [2.24, 2.45) is 0 Å². The number of hydrogen-bond donors (Lipinski definition) is 1. The van der Waals surface area contributed by atoms with Crippen molar-refractivity contribution >= 4 is 17.0 Å². The van der Waals surface area contributed by atoms with E-state index in [-0.39, 0.29) is 11.6 Å². The van der Waals surface area contributed by atoms with Gasteiger partial charge in [0.1, 0.15) is 5.65 Å². The molecular weight excluding hydrogens is 422 g/mol. The second kappa shape index (κ2) is 9.87. The van der Waals surface area contributed by atoms with E-state index in [0.717, 1.165) is 47.8 Å². The molecule has 0 unspecified atom stereocenters. The van der Waals surface area contributed by atoms with Gasteiger partial charge in [0.25, 0.3) is 5.56 Å². The molecule has 1 N–H and O–H groups in total. The maximum atomic E-state index is 13.7. The van der Waals surface area contributed by atoms with E-state index < -0.39 is 0 Å². The molecule has 0 radical (unpaired) electrons. The molecule has 34 heavy (non-hydrogen) atoms.